The van der Waals surface area contributed by atoms with Crippen molar-refractivity contribution in [2.45, 2.75) is 13.8 Å². The van der Waals surface area contributed by atoms with Crippen molar-refractivity contribution in [1.29, 1.82) is 0 Å². The monoisotopic (exact) mass is 260 g/mol. The molecule has 0 atom stereocenters. The maximum absolute atomic E-state index is 4.50. The van der Waals surface area contributed by atoms with Crippen molar-refractivity contribution >= 4 is 0 Å². The molecular weight excluding hydrogens is 244 g/mol. The van der Waals surface area contributed by atoms with Gasteiger partial charge >= 0.3 is 0 Å². The zero-order valence-corrected chi connectivity index (χ0v) is 11.7. The molecule has 2 nitrogen and oxygen atoms in total. The SMILES string of the molecule is Cc1cccc(C)c1-c1cnc(-c2ccccc2)nc1. The number of hydrogen-bond acceptors (Lipinski definition) is 2. The molecule has 0 saturated heterocycles. The number of aromatic nitrogens is 2. The zero-order valence-electron chi connectivity index (χ0n) is 11.7. The van der Waals surface area contributed by atoms with Gasteiger partial charge in [-0.2, -0.15) is 0 Å². The summed E-state index contributed by atoms with van der Waals surface area (Å²) >= 11 is 0. The molecule has 98 valence electrons. The number of nitrogens with zero attached hydrogens (tertiary/aromatic N) is 2. The van der Waals surface area contributed by atoms with E-state index in [0.717, 1.165) is 17.0 Å². The first-order chi connectivity index (χ1) is 9.75. The fourth-order valence-electron chi connectivity index (χ4n) is 2.46. The first-order valence-corrected chi connectivity index (χ1v) is 6.70. The molecule has 20 heavy (non-hydrogen) atoms. The van der Waals surface area contributed by atoms with Crippen LogP contribution in [0.3, 0.4) is 0 Å². The fourth-order valence-corrected chi connectivity index (χ4v) is 2.46. The molecule has 2 heteroatoms. The summed E-state index contributed by atoms with van der Waals surface area (Å²) in [5.41, 5.74) is 5.84. The molecule has 0 bridgehead atoms. The highest BCUT2D eigenvalue weighted by molar-refractivity contribution is 5.70. The van der Waals surface area contributed by atoms with Gasteiger partial charge in [-0.05, 0) is 30.5 Å². The summed E-state index contributed by atoms with van der Waals surface area (Å²) in [5.74, 6) is 0.764. The minimum Gasteiger partial charge on any atom is -0.236 e. The van der Waals surface area contributed by atoms with E-state index in [9.17, 15) is 0 Å². The minimum atomic E-state index is 0.764. The van der Waals surface area contributed by atoms with Gasteiger partial charge in [0.15, 0.2) is 5.82 Å². The summed E-state index contributed by atoms with van der Waals surface area (Å²) < 4.78 is 0. The van der Waals surface area contributed by atoms with E-state index in [1.54, 1.807) is 0 Å². The minimum absolute atomic E-state index is 0.764. The van der Waals surface area contributed by atoms with Crippen molar-refractivity contribution in [2.75, 3.05) is 0 Å². The molecule has 3 rings (SSSR count). The maximum atomic E-state index is 4.50. The van der Waals surface area contributed by atoms with Gasteiger partial charge in [0, 0.05) is 23.5 Å². The quantitative estimate of drug-likeness (QED) is 0.681. The summed E-state index contributed by atoms with van der Waals surface area (Å²) in [7, 11) is 0. The van der Waals surface area contributed by atoms with Gasteiger partial charge in [0.05, 0.1) is 0 Å². The smallest absolute Gasteiger partial charge is 0.159 e. The standard InChI is InChI=1S/C18H16N2/c1-13-7-6-8-14(2)17(13)16-11-19-18(20-12-16)15-9-4-3-5-10-15/h3-12H,1-2H3. The highest BCUT2D eigenvalue weighted by Gasteiger charge is 2.07. The molecule has 0 fully saturated rings. The molecule has 0 N–H and O–H groups in total. The Balaban J connectivity index is 2.02. The summed E-state index contributed by atoms with van der Waals surface area (Å²) in [6.45, 7) is 4.24. The topological polar surface area (TPSA) is 25.8 Å². The van der Waals surface area contributed by atoms with E-state index in [1.165, 1.54) is 16.7 Å². The molecule has 0 spiro atoms. The number of rotatable bonds is 2. The largest absolute Gasteiger partial charge is 0.236 e. The van der Waals surface area contributed by atoms with Crippen LogP contribution in [0, 0.1) is 13.8 Å². The van der Waals surface area contributed by atoms with Crippen LogP contribution in [0.4, 0.5) is 0 Å². The molecule has 1 aromatic heterocycles. The Kier molecular flexibility index (Phi) is 3.30. The average molecular weight is 260 g/mol. The Morgan fingerprint density at radius 3 is 1.85 bits per heavy atom. The van der Waals surface area contributed by atoms with E-state index in [4.69, 9.17) is 0 Å². The van der Waals surface area contributed by atoms with Crippen molar-refractivity contribution in [3.05, 3.63) is 72.1 Å². The Morgan fingerprint density at radius 1 is 0.650 bits per heavy atom. The number of hydrogen-bond donors (Lipinski definition) is 0. The van der Waals surface area contributed by atoms with Crippen LogP contribution in [-0.2, 0) is 0 Å². The molecule has 3 aromatic rings. The maximum Gasteiger partial charge on any atom is 0.159 e. The molecule has 0 saturated carbocycles. The van der Waals surface area contributed by atoms with Crippen molar-refractivity contribution in [3.8, 4) is 22.5 Å². The predicted octanol–water partition coefficient (Wildman–Crippen LogP) is 4.43. The third-order valence-corrected chi connectivity index (χ3v) is 3.45. The third kappa shape index (κ3) is 2.32. The molecule has 0 amide bonds. The number of aryl methyl sites for hydroxylation is 2. The molecular formula is C18H16N2. The van der Waals surface area contributed by atoms with Crippen LogP contribution >= 0.6 is 0 Å². The summed E-state index contributed by atoms with van der Waals surface area (Å²) in [5, 5.41) is 0. The lowest BCUT2D eigenvalue weighted by Gasteiger charge is -2.09. The normalized spacial score (nSPS) is 10.5. The van der Waals surface area contributed by atoms with Crippen LogP contribution in [0.5, 0.6) is 0 Å². The second-order valence-corrected chi connectivity index (χ2v) is 4.93. The van der Waals surface area contributed by atoms with E-state index in [-0.39, 0.29) is 0 Å². The number of benzene rings is 2. The Morgan fingerprint density at radius 2 is 1.25 bits per heavy atom. The summed E-state index contributed by atoms with van der Waals surface area (Å²) in [4.78, 5) is 8.99. The van der Waals surface area contributed by atoms with Crippen LogP contribution in [0.2, 0.25) is 0 Å². The molecule has 0 radical (unpaired) electrons. The highest BCUT2D eigenvalue weighted by atomic mass is 14.9. The van der Waals surface area contributed by atoms with Crippen LogP contribution in [0.1, 0.15) is 11.1 Å². The molecule has 0 aliphatic carbocycles. The van der Waals surface area contributed by atoms with E-state index in [2.05, 4.69) is 42.0 Å². The van der Waals surface area contributed by atoms with Crippen LogP contribution in [-0.4, -0.2) is 9.97 Å². The highest BCUT2D eigenvalue weighted by Crippen LogP contribution is 2.26. The van der Waals surface area contributed by atoms with E-state index < -0.39 is 0 Å². The Hall–Kier alpha value is -2.48. The van der Waals surface area contributed by atoms with Gasteiger partial charge in [-0.1, -0.05) is 48.5 Å². The molecule has 0 aliphatic heterocycles. The first-order valence-electron chi connectivity index (χ1n) is 6.70. The Labute approximate surface area is 119 Å². The summed E-state index contributed by atoms with van der Waals surface area (Å²) in [6, 6.07) is 16.3. The van der Waals surface area contributed by atoms with Crippen molar-refractivity contribution < 1.29 is 0 Å². The van der Waals surface area contributed by atoms with Gasteiger partial charge in [-0.3, -0.25) is 0 Å². The lowest BCUT2D eigenvalue weighted by molar-refractivity contribution is 1.17. The van der Waals surface area contributed by atoms with Gasteiger partial charge in [0.2, 0.25) is 0 Å². The van der Waals surface area contributed by atoms with Crippen LogP contribution in [0.25, 0.3) is 22.5 Å². The molecule has 0 aliphatic rings. The van der Waals surface area contributed by atoms with Gasteiger partial charge in [0.1, 0.15) is 0 Å². The van der Waals surface area contributed by atoms with E-state index in [1.807, 2.05) is 42.7 Å². The first kappa shape index (κ1) is 12.5. The van der Waals surface area contributed by atoms with Crippen molar-refractivity contribution in [3.63, 3.8) is 0 Å². The lowest BCUT2D eigenvalue weighted by atomic mass is 9.98. The third-order valence-electron chi connectivity index (χ3n) is 3.45. The summed E-state index contributed by atoms with van der Waals surface area (Å²) in [6.07, 6.45) is 3.81. The van der Waals surface area contributed by atoms with Crippen molar-refractivity contribution in [1.82, 2.24) is 9.97 Å². The molecule has 0 unspecified atom stereocenters. The molecule has 1 heterocycles. The molecule has 2 aromatic carbocycles. The van der Waals surface area contributed by atoms with Crippen LogP contribution < -0.4 is 0 Å². The fraction of sp³-hybridized carbons (Fsp3) is 0.111. The second-order valence-electron chi connectivity index (χ2n) is 4.93. The second kappa shape index (κ2) is 5.25. The van der Waals surface area contributed by atoms with Gasteiger partial charge in [-0.25, -0.2) is 9.97 Å². The van der Waals surface area contributed by atoms with Crippen LogP contribution in [0.15, 0.2) is 60.9 Å². The van der Waals surface area contributed by atoms with E-state index >= 15 is 0 Å². The predicted molar refractivity (Wildman–Crippen MR) is 82.4 cm³/mol. The van der Waals surface area contributed by atoms with Gasteiger partial charge < -0.3 is 0 Å². The van der Waals surface area contributed by atoms with Gasteiger partial charge in [0.25, 0.3) is 0 Å². The zero-order chi connectivity index (χ0) is 13.9. The van der Waals surface area contributed by atoms with E-state index in [0.29, 0.717) is 0 Å². The van der Waals surface area contributed by atoms with Crippen molar-refractivity contribution in [2.24, 2.45) is 0 Å². The lowest BCUT2D eigenvalue weighted by Crippen LogP contribution is -1.92. The average Bonchev–Trinajstić information content (AvgIpc) is 2.49. The van der Waals surface area contributed by atoms with Gasteiger partial charge in [-0.15, -0.1) is 0 Å². The Bertz CT molecular complexity index is 696.